The summed E-state index contributed by atoms with van der Waals surface area (Å²) in [6.07, 6.45) is -0.291. The molecule has 1 aromatic heterocycles. The highest BCUT2D eigenvalue weighted by molar-refractivity contribution is 7.09. The number of aryl methyl sites for hydroxylation is 1. The summed E-state index contributed by atoms with van der Waals surface area (Å²) in [7, 11) is 3.80. The lowest BCUT2D eigenvalue weighted by molar-refractivity contribution is -0.0263. The lowest BCUT2D eigenvalue weighted by atomic mass is 9.78. The number of aliphatic hydroxyl groups excluding tert-OH is 1. The molecule has 28 heavy (non-hydrogen) atoms. The van der Waals surface area contributed by atoms with Crippen molar-refractivity contribution in [2.24, 2.45) is 11.8 Å². The molecule has 1 aliphatic heterocycles. The molecule has 6 nitrogen and oxygen atoms in total. The summed E-state index contributed by atoms with van der Waals surface area (Å²) in [4.78, 5) is 8.60. The van der Waals surface area contributed by atoms with Crippen LogP contribution < -0.4 is 14.5 Å². The monoisotopic (exact) mass is 410 g/mol. The van der Waals surface area contributed by atoms with Gasteiger partial charge >= 0.3 is 0 Å². The number of benzene rings is 1. The molecule has 1 saturated carbocycles. The van der Waals surface area contributed by atoms with E-state index in [1.54, 1.807) is 6.92 Å². The van der Waals surface area contributed by atoms with E-state index in [-0.39, 0.29) is 5.92 Å². The fourth-order valence-electron chi connectivity index (χ4n) is 4.08. The SMILES string of the molecule is Cc1ccc(F)c(O[C@@H]2C[C@@H]3CN(c4nc(N(C)C)ns4)C[C@@H]3C[C@H]2O)c1F. The molecule has 1 aromatic carbocycles. The average Bonchev–Trinajstić information content (AvgIpc) is 3.28. The van der Waals surface area contributed by atoms with Crippen molar-refractivity contribution in [2.75, 3.05) is 37.0 Å². The summed E-state index contributed by atoms with van der Waals surface area (Å²) in [6, 6.07) is 2.57. The van der Waals surface area contributed by atoms with Gasteiger partial charge in [0.2, 0.25) is 11.1 Å². The minimum atomic E-state index is -0.757. The van der Waals surface area contributed by atoms with Crippen molar-refractivity contribution < 1.29 is 18.6 Å². The van der Waals surface area contributed by atoms with Crippen molar-refractivity contribution in [3.05, 3.63) is 29.3 Å². The third-order valence-electron chi connectivity index (χ3n) is 5.67. The Labute approximate surface area is 166 Å². The molecular formula is C19H24F2N4O2S. The van der Waals surface area contributed by atoms with Gasteiger partial charge in [0.25, 0.3) is 0 Å². The Hall–Kier alpha value is -2.00. The lowest BCUT2D eigenvalue weighted by Crippen LogP contribution is -2.42. The lowest BCUT2D eigenvalue weighted by Gasteiger charge is -2.35. The summed E-state index contributed by atoms with van der Waals surface area (Å²) < 4.78 is 38.3. The molecule has 2 heterocycles. The zero-order chi connectivity index (χ0) is 20.0. The molecule has 0 spiro atoms. The maximum atomic E-state index is 14.3. The highest BCUT2D eigenvalue weighted by atomic mass is 32.1. The number of aromatic nitrogens is 2. The van der Waals surface area contributed by atoms with E-state index in [0.29, 0.717) is 30.3 Å². The first-order valence-corrected chi connectivity index (χ1v) is 10.2. The number of ether oxygens (including phenoxy) is 1. The third kappa shape index (κ3) is 3.53. The van der Waals surface area contributed by atoms with Crippen LogP contribution in [-0.2, 0) is 0 Å². The summed E-state index contributed by atoms with van der Waals surface area (Å²) in [5.41, 5.74) is 0.319. The first kappa shape index (κ1) is 19.3. The van der Waals surface area contributed by atoms with Crippen LogP contribution >= 0.6 is 11.5 Å². The molecule has 152 valence electrons. The maximum absolute atomic E-state index is 14.3. The Morgan fingerprint density at radius 3 is 2.61 bits per heavy atom. The number of anilines is 2. The van der Waals surface area contributed by atoms with Crippen molar-refractivity contribution >= 4 is 22.6 Å². The third-order valence-corrected chi connectivity index (χ3v) is 6.44. The van der Waals surface area contributed by atoms with Gasteiger partial charge in [0.05, 0.1) is 6.10 Å². The summed E-state index contributed by atoms with van der Waals surface area (Å²) in [5, 5.41) is 11.4. The Morgan fingerprint density at radius 2 is 1.93 bits per heavy atom. The van der Waals surface area contributed by atoms with Crippen molar-refractivity contribution in [1.29, 1.82) is 0 Å². The van der Waals surface area contributed by atoms with E-state index in [2.05, 4.69) is 14.3 Å². The Bertz CT molecular complexity index is 862. The first-order chi connectivity index (χ1) is 13.3. The number of aliphatic hydroxyl groups is 1. The number of halogens is 2. The number of nitrogens with zero attached hydrogens (tertiary/aromatic N) is 4. The topological polar surface area (TPSA) is 61.7 Å². The smallest absolute Gasteiger partial charge is 0.238 e. The molecule has 2 aliphatic rings. The molecule has 0 radical (unpaired) electrons. The van der Waals surface area contributed by atoms with Crippen molar-refractivity contribution in [1.82, 2.24) is 9.36 Å². The van der Waals surface area contributed by atoms with Gasteiger partial charge in [0.15, 0.2) is 17.4 Å². The van der Waals surface area contributed by atoms with E-state index in [0.717, 1.165) is 18.2 Å². The first-order valence-electron chi connectivity index (χ1n) is 9.38. The standard InChI is InChI=1S/C19H24F2N4O2S/c1-10-4-5-13(20)17(16(10)21)27-15-7-12-9-25(8-11(12)6-14(15)26)19-22-18(23-28-19)24(2)3/h4-5,11-12,14-15,26H,6-9H2,1-3H3/t11-,12+,14+,15+/m0/s1. The molecule has 9 heteroatoms. The van der Waals surface area contributed by atoms with Gasteiger partial charge < -0.3 is 19.6 Å². The van der Waals surface area contributed by atoms with E-state index in [1.807, 2.05) is 19.0 Å². The van der Waals surface area contributed by atoms with E-state index in [9.17, 15) is 13.9 Å². The van der Waals surface area contributed by atoms with Crippen LogP contribution in [0, 0.1) is 30.4 Å². The van der Waals surface area contributed by atoms with Crippen LogP contribution in [-0.4, -0.2) is 53.9 Å². The second-order valence-electron chi connectivity index (χ2n) is 7.90. The molecule has 1 saturated heterocycles. The zero-order valence-electron chi connectivity index (χ0n) is 16.1. The quantitative estimate of drug-likeness (QED) is 0.837. The molecule has 0 bridgehead atoms. The zero-order valence-corrected chi connectivity index (χ0v) is 16.9. The summed E-state index contributed by atoms with van der Waals surface area (Å²) >= 11 is 1.36. The van der Waals surface area contributed by atoms with Gasteiger partial charge in [0.1, 0.15) is 6.10 Å². The number of hydrogen-bond donors (Lipinski definition) is 1. The van der Waals surface area contributed by atoms with Gasteiger partial charge in [-0.15, -0.1) is 0 Å². The number of fused-ring (bicyclic) bond motifs is 1. The van der Waals surface area contributed by atoms with Crippen LogP contribution in [0.15, 0.2) is 12.1 Å². The van der Waals surface area contributed by atoms with Crippen LogP contribution in [0.2, 0.25) is 0 Å². The van der Waals surface area contributed by atoms with Gasteiger partial charge in [-0.1, -0.05) is 6.07 Å². The fraction of sp³-hybridized carbons (Fsp3) is 0.579. The Balaban J connectivity index is 1.47. The fourth-order valence-corrected chi connectivity index (χ4v) is 4.84. The van der Waals surface area contributed by atoms with Crippen LogP contribution in [0.25, 0.3) is 0 Å². The normalized spacial score (nSPS) is 27.0. The van der Waals surface area contributed by atoms with E-state index in [1.165, 1.54) is 23.7 Å². The Morgan fingerprint density at radius 1 is 1.21 bits per heavy atom. The van der Waals surface area contributed by atoms with E-state index in [4.69, 9.17) is 4.74 Å². The molecule has 0 amide bonds. The highest BCUT2D eigenvalue weighted by Gasteiger charge is 2.44. The van der Waals surface area contributed by atoms with Crippen molar-refractivity contribution in [3.63, 3.8) is 0 Å². The molecule has 1 N–H and O–H groups in total. The highest BCUT2D eigenvalue weighted by Crippen LogP contribution is 2.41. The van der Waals surface area contributed by atoms with Crippen LogP contribution in [0.4, 0.5) is 19.9 Å². The second kappa shape index (κ2) is 7.44. The molecule has 2 fully saturated rings. The van der Waals surface area contributed by atoms with E-state index < -0.39 is 29.6 Å². The molecule has 4 atom stereocenters. The Kier molecular flexibility index (Phi) is 5.13. The average molecular weight is 410 g/mol. The molecule has 0 unspecified atom stereocenters. The minimum Gasteiger partial charge on any atom is -0.482 e. The molecule has 4 rings (SSSR count). The summed E-state index contributed by atoms with van der Waals surface area (Å²) in [5.74, 6) is -0.577. The van der Waals surface area contributed by atoms with Gasteiger partial charge in [-0.2, -0.15) is 9.36 Å². The predicted octanol–water partition coefficient (Wildman–Crippen LogP) is 2.85. The molecule has 2 aromatic rings. The summed E-state index contributed by atoms with van der Waals surface area (Å²) in [6.45, 7) is 3.13. The predicted molar refractivity (Wildman–Crippen MR) is 104 cm³/mol. The minimum absolute atomic E-state index is 0.274. The van der Waals surface area contributed by atoms with Crippen LogP contribution in [0.1, 0.15) is 18.4 Å². The van der Waals surface area contributed by atoms with Gasteiger partial charge in [-0.3, -0.25) is 0 Å². The van der Waals surface area contributed by atoms with Crippen LogP contribution in [0.5, 0.6) is 5.75 Å². The van der Waals surface area contributed by atoms with Gasteiger partial charge in [0, 0.05) is 38.7 Å². The van der Waals surface area contributed by atoms with Crippen LogP contribution in [0.3, 0.4) is 0 Å². The van der Waals surface area contributed by atoms with E-state index >= 15 is 0 Å². The maximum Gasteiger partial charge on any atom is 0.238 e. The number of hydrogen-bond acceptors (Lipinski definition) is 7. The molecular weight excluding hydrogens is 386 g/mol. The van der Waals surface area contributed by atoms with Gasteiger partial charge in [-0.05, 0) is 43.2 Å². The van der Waals surface area contributed by atoms with Crippen molar-refractivity contribution in [3.8, 4) is 5.75 Å². The van der Waals surface area contributed by atoms with Crippen molar-refractivity contribution in [2.45, 2.75) is 32.0 Å². The largest absolute Gasteiger partial charge is 0.482 e. The van der Waals surface area contributed by atoms with Gasteiger partial charge in [-0.25, -0.2) is 8.78 Å². The number of rotatable bonds is 4. The second-order valence-corrected chi connectivity index (χ2v) is 8.63. The molecule has 1 aliphatic carbocycles.